The third-order valence-corrected chi connectivity index (χ3v) is 5.85. The van der Waals surface area contributed by atoms with Gasteiger partial charge in [-0.05, 0) is 46.5 Å². The number of methoxy groups -OCH3 is 1. The highest BCUT2D eigenvalue weighted by Crippen LogP contribution is 2.41. The minimum atomic E-state index is -0.558. The quantitative estimate of drug-likeness (QED) is 0.503. The highest BCUT2D eigenvalue weighted by molar-refractivity contribution is 6.08. The van der Waals surface area contributed by atoms with E-state index in [2.05, 4.69) is 25.5 Å². The number of carbonyl (C=O) groups excluding carboxylic acids is 2. The number of rotatable bonds is 8. The van der Waals surface area contributed by atoms with Crippen LogP contribution in [0.15, 0.2) is 12.4 Å². The fourth-order valence-electron chi connectivity index (χ4n) is 4.17. The molecular weight excluding hydrogens is 438 g/mol. The molecule has 4 rings (SSSR count). The van der Waals surface area contributed by atoms with E-state index in [1.54, 1.807) is 19.5 Å². The predicted octanol–water partition coefficient (Wildman–Crippen LogP) is 3.43. The van der Waals surface area contributed by atoms with E-state index >= 15 is 0 Å². The summed E-state index contributed by atoms with van der Waals surface area (Å²) in [4.78, 5) is 34.8. The molecule has 186 valence electrons. The van der Waals surface area contributed by atoms with Crippen LogP contribution in [0.1, 0.15) is 46.5 Å². The van der Waals surface area contributed by atoms with Crippen LogP contribution in [0.25, 0.3) is 11.0 Å². The van der Waals surface area contributed by atoms with Gasteiger partial charge in [-0.1, -0.05) is 0 Å². The van der Waals surface area contributed by atoms with E-state index in [1.807, 2.05) is 20.8 Å². The maximum atomic E-state index is 12.5. The van der Waals surface area contributed by atoms with Crippen LogP contribution in [-0.2, 0) is 14.3 Å². The molecule has 2 aliphatic rings. The number of aromatic amines is 1. The van der Waals surface area contributed by atoms with Crippen LogP contribution >= 0.6 is 0 Å². The van der Waals surface area contributed by atoms with Crippen molar-refractivity contribution in [3.05, 3.63) is 12.4 Å². The standard InChI is InChI=1S/C24H35N5O5/c1-24(2,3)34-23(31)27-16-6-5-9-29(14-16)20-18(33-11-10-32-4)13-26-21-19(20)17(12-25-21)28-22(30)15-7-8-15/h12-13,15-16H,5-11,14H2,1-4H3,(H,25,26)(H,27,31)(H,28,30). The van der Waals surface area contributed by atoms with E-state index in [9.17, 15) is 9.59 Å². The average Bonchev–Trinajstić information content (AvgIpc) is 3.55. The number of nitrogens with one attached hydrogen (secondary N) is 3. The van der Waals surface area contributed by atoms with Crippen molar-refractivity contribution in [2.75, 3.05) is 43.6 Å². The third kappa shape index (κ3) is 5.91. The normalized spacial score (nSPS) is 18.6. The lowest BCUT2D eigenvalue weighted by molar-refractivity contribution is -0.117. The number of hydrogen-bond acceptors (Lipinski definition) is 7. The van der Waals surface area contributed by atoms with Gasteiger partial charge in [-0.3, -0.25) is 4.79 Å². The second-order valence-electron chi connectivity index (χ2n) is 9.93. The summed E-state index contributed by atoms with van der Waals surface area (Å²) in [7, 11) is 1.63. The summed E-state index contributed by atoms with van der Waals surface area (Å²) in [6.45, 7) is 7.73. The first-order chi connectivity index (χ1) is 16.2. The molecule has 3 heterocycles. The fraction of sp³-hybridized carbons (Fsp3) is 0.625. The number of hydrogen-bond donors (Lipinski definition) is 3. The Hall–Kier alpha value is -3.01. The zero-order valence-electron chi connectivity index (χ0n) is 20.4. The average molecular weight is 474 g/mol. The van der Waals surface area contributed by atoms with Gasteiger partial charge in [0.05, 0.1) is 29.6 Å². The van der Waals surface area contributed by atoms with Gasteiger partial charge in [0.1, 0.15) is 17.9 Å². The van der Waals surface area contributed by atoms with Crippen LogP contribution in [0.2, 0.25) is 0 Å². The maximum absolute atomic E-state index is 12.5. The number of piperidine rings is 1. The van der Waals surface area contributed by atoms with Crippen LogP contribution in [0.3, 0.4) is 0 Å². The molecule has 0 spiro atoms. The SMILES string of the molecule is COCCOc1cnc2[nH]cc(NC(=O)C3CC3)c2c1N1CCCC(NC(=O)OC(C)(C)C)C1. The number of pyridine rings is 1. The topological polar surface area (TPSA) is 118 Å². The van der Waals surface area contributed by atoms with Gasteiger partial charge in [-0.2, -0.15) is 0 Å². The maximum Gasteiger partial charge on any atom is 0.407 e. The third-order valence-electron chi connectivity index (χ3n) is 5.85. The molecule has 1 unspecified atom stereocenters. The van der Waals surface area contributed by atoms with Crippen molar-refractivity contribution in [2.24, 2.45) is 5.92 Å². The molecule has 34 heavy (non-hydrogen) atoms. The lowest BCUT2D eigenvalue weighted by Crippen LogP contribution is -2.49. The van der Waals surface area contributed by atoms with Gasteiger partial charge >= 0.3 is 6.09 Å². The van der Waals surface area contributed by atoms with E-state index < -0.39 is 11.7 Å². The Labute approximate surface area is 199 Å². The van der Waals surface area contributed by atoms with E-state index in [0.717, 1.165) is 43.3 Å². The van der Waals surface area contributed by atoms with E-state index in [1.165, 1.54) is 0 Å². The summed E-state index contributed by atoms with van der Waals surface area (Å²) in [6.07, 6.45) is 6.64. The van der Waals surface area contributed by atoms with Crippen molar-refractivity contribution in [2.45, 2.75) is 58.1 Å². The fourth-order valence-corrected chi connectivity index (χ4v) is 4.17. The van der Waals surface area contributed by atoms with Crippen LogP contribution < -0.4 is 20.3 Å². The van der Waals surface area contributed by atoms with Crippen molar-refractivity contribution in [3.8, 4) is 5.75 Å². The van der Waals surface area contributed by atoms with Gasteiger partial charge in [0.15, 0.2) is 5.75 Å². The van der Waals surface area contributed by atoms with Crippen LogP contribution in [0.5, 0.6) is 5.75 Å². The molecule has 1 saturated heterocycles. The number of amides is 2. The van der Waals surface area contributed by atoms with Crippen molar-refractivity contribution in [1.29, 1.82) is 0 Å². The smallest absolute Gasteiger partial charge is 0.407 e. The van der Waals surface area contributed by atoms with Crippen molar-refractivity contribution >= 4 is 34.4 Å². The number of carbonyl (C=O) groups is 2. The van der Waals surface area contributed by atoms with Gasteiger partial charge in [0.2, 0.25) is 5.91 Å². The molecule has 3 N–H and O–H groups in total. The first-order valence-electron chi connectivity index (χ1n) is 11.9. The number of alkyl carbamates (subject to hydrolysis) is 1. The molecule has 2 aromatic heterocycles. The molecule has 10 nitrogen and oxygen atoms in total. The number of ether oxygens (including phenoxy) is 3. The number of aromatic nitrogens is 2. The predicted molar refractivity (Wildman–Crippen MR) is 129 cm³/mol. The Morgan fingerprint density at radius 3 is 2.74 bits per heavy atom. The Balaban J connectivity index is 1.62. The first-order valence-corrected chi connectivity index (χ1v) is 11.9. The summed E-state index contributed by atoms with van der Waals surface area (Å²) >= 11 is 0. The van der Waals surface area contributed by atoms with Gasteiger partial charge in [0, 0.05) is 38.4 Å². The monoisotopic (exact) mass is 473 g/mol. The van der Waals surface area contributed by atoms with Gasteiger partial charge < -0.3 is 34.7 Å². The molecule has 1 atom stereocenters. The summed E-state index contributed by atoms with van der Waals surface area (Å²) < 4.78 is 16.6. The molecule has 2 aromatic rings. The van der Waals surface area contributed by atoms with Gasteiger partial charge in [0.25, 0.3) is 0 Å². The lowest BCUT2D eigenvalue weighted by Gasteiger charge is -2.36. The number of H-pyrrole nitrogens is 1. The highest BCUT2D eigenvalue weighted by atomic mass is 16.6. The molecule has 10 heteroatoms. The number of nitrogens with zero attached hydrogens (tertiary/aromatic N) is 2. The summed E-state index contributed by atoms with van der Waals surface area (Å²) in [5.74, 6) is 0.726. The van der Waals surface area contributed by atoms with Crippen LogP contribution in [0, 0.1) is 5.92 Å². The van der Waals surface area contributed by atoms with Crippen LogP contribution in [-0.4, -0.2) is 67.0 Å². The Bertz CT molecular complexity index is 1030. The number of anilines is 2. The van der Waals surface area contributed by atoms with E-state index in [-0.39, 0.29) is 17.9 Å². The summed E-state index contributed by atoms with van der Waals surface area (Å²) in [6, 6.07) is -0.0814. The van der Waals surface area contributed by atoms with Crippen molar-refractivity contribution < 1.29 is 23.8 Å². The largest absolute Gasteiger partial charge is 0.487 e. The minimum absolute atomic E-state index is 0.0284. The van der Waals surface area contributed by atoms with Crippen molar-refractivity contribution in [3.63, 3.8) is 0 Å². The molecule has 0 aromatic carbocycles. The second kappa shape index (κ2) is 10.1. The summed E-state index contributed by atoms with van der Waals surface area (Å²) in [5, 5.41) is 6.87. The molecular formula is C24H35N5O5. The Morgan fingerprint density at radius 1 is 1.24 bits per heavy atom. The molecule has 2 amide bonds. The van der Waals surface area contributed by atoms with Crippen molar-refractivity contribution in [1.82, 2.24) is 15.3 Å². The second-order valence-corrected chi connectivity index (χ2v) is 9.93. The molecule has 0 bridgehead atoms. The Kier molecular flexibility index (Phi) is 7.16. The lowest BCUT2D eigenvalue weighted by atomic mass is 10.0. The number of fused-ring (bicyclic) bond motifs is 1. The molecule has 1 saturated carbocycles. The molecule has 0 radical (unpaired) electrons. The zero-order valence-corrected chi connectivity index (χ0v) is 20.4. The molecule has 1 aliphatic carbocycles. The highest BCUT2D eigenvalue weighted by Gasteiger charge is 2.32. The minimum Gasteiger partial charge on any atom is -0.487 e. The van der Waals surface area contributed by atoms with E-state index in [0.29, 0.717) is 36.8 Å². The van der Waals surface area contributed by atoms with Crippen LogP contribution in [0.4, 0.5) is 16.2 Å². The first kappa shape index (κ1) is 24.1. The van der Waals surface area contributed by atoms with E-state index in [4.69, 9.17) is 14.2 Å². The van der Waals surface area contributed by atoms with Gasteiger partial charge in [-0.25, -0.2) is 9.78 Å². The molecule has 2 fully saturated rings. The summed E-state index contributed by atoms with van der Waals surface area (Å²) in [5.41, 5.74) is 1.65. The van der Waals surface area contributed by atoms with Gasteiger partial charge in [-0.15, -0.1) is 0 Å². The zero-order chi connectivity index (χ0) is 24.3. The molecule has 1 aliphatic heterocycles. The Morgan fingerprint density at radius 2 is 2.03 bits per heavy atom.